The van der Waals surface area contributed by atoms with Gasteiger partial charge in [0, 0.05) is 4.88 Å². The van der Waals surface area contributed by atoms with E-state index in [9.17, 15) is 22.9 Å². The molecule has 172 valence electrons. The van der Waals surface area contributed by atoms with Crippen LogP contribution in [0, 0.1) is 18.2 Å². The molecule has 1 saturated carbocycles. The van der Waals surface area contributed by atoms with Crippen molar-refractivity contribution in [3.63, 3.8) is 0 Å². The Labute approximate surface area is 190 Å². The molecule has 1 aromatic heterocycles. The zero-order valence-electron chi connectivity index (χ0n) is 18.2. The minimum absolute atomic E-state index is 0.0915. The predicted octanol–water partition coefficient (Wildman–Crippen LogP) is 5.28. The number of halogens is 2. The summed E-state index contributed by atoms with van der Waals surface area (Å²) < 4.78 is 45.5. The number of benzene rings is 1. The van der Waals surface area contributed by atoms with Gasteiger partial charge in [-0.25, -0.2) is 23.0 Å². The summed E-state index contributed by atoms with van der Waals surface area (Å²) in [5, 5.41) is 15.8. The van der Waals surface area contributed by atoms with Crippen LogP contribution in [0.15, 0.2) is 20.7 Å². The average molecular weight is 482 g/mol. The van der Waals surface area contributed by atoms with Crippen molar-refractivity contribution in [3.05, 3.63) is 56.8 Å². The number of carbonyl (C=O) groups excluding carboxylic acids is 1. The highest BCUT2D eigenvalue weighted by Gasteiger charge is 2.32. The molecule has 0 spiro atoms. The number of rotatable bonds is 6. The lowest BCUT2D eigenvalue weighted by Crippen LogP contribution is -2.17. The van der Waals surface area contributed by atoms with Crippen LogP contribution in [0.4, 0.5) is 14.5 Å². The molecule has 10 heteroatoms. The number of carbonyl (C=O) groups is 1. The van der Waals surface area contributed by atoms with Crippen LogP contribution in [0.2, 0.25) is 0 Å². The number of hydrogen-bond acceptors (Lipinski definition) is 4. The van der Waals surface area contributed by atoms with Gasteiger partial charge < -0.3 is 5.11 Å². The first-order chi connectivity index (χ1) is 14.8. The molecule has 2 aromatic rings. The van der Waals surface area contributed by atoms with Gasteiger partial charge in [0.25, 0.3) is 5.91 Å². The molecule has 0 aliphatic heterocycles. The van der Waals surface area contributed by atoms with Crippen molar-refractivity contribution in [2.45, 2.75) is 68.6 Å². The van der Waals surface area contributed by atoms with Crippen LogP contribution < -0.4 is 5.14 Å². The van der Waals surface area contributed by atoms with Crippen LogP contribution in [-0.4, -0.2) is 15.2 Å². The molecule has 0 bridgehead atoms. The Morgan fingerprint density at radius 3 is 2.50 bits per heavy atom. The quantitative estimate of drug-likeness (QED) is 0.550. The van der Waals surface area contributed by atoms with Crippen molar-refractivity contribution in [2.75, 3.05) is 0 Å². The number of aliphatic hydroxyl groups is 1. The number of hydrogen-bond donors (Lipinski definition) is 2. The van der Waals surface area contributed by atoms with E-state index >= 15 is 0 Å². The molecule has 3 rings (SSSR count). The van der Waals surface area contributed by atoms with E-state index in [0.717, 1.165) is 24.5 Å². The molecule has 1 aliphatic carbocycles. The molecule has 6 nitrogen and oxygen atoms in total. The summed E-state index contributed by atoms with van der Waals surface area (Å²) in [6.07, 6.45) is 1.38. The predicted molar refractivity (Wildman–Crippen MR) is 120 cm³/mol. The molecule has 1 fully saturated rings. The van der Waals surface area contributed by atoms with E-state index in [0.29, 0.717) is 16.9 Å². The van der Waals surface area contributed by atoms with Crippen LogP contribution >= 0.6 is 11.3 Å². The first-order valence-corrected chi connectivity index (χ1v) is 12.5. The first-order valence-electron chi connectivity index (χ1n) is 10.1. The van der Waals surface area contributed by atoms with Gasteiger partial charge in [-0.05, 0) is 61.8 Å². The van der Waals surface area contributed by atoms with Gasteiger partial charge in [-0.15, -0.1) is 15.7 Å². The molecule has 1 atom stereocenters. The van der Waals surface area contributed by atoms with Gasteiger partial charge in [-0.2, -0.15) is 0 Å². The van der Waals surface area contributed by atoms with E-state index in [1.807, 2.05) is 0 Å². The van der Waals surface area contributed by atoms with Gasteiger partial charge in [0.05, 0.1) is 18.6 Å². The summed E-state index contributed by atoms with van der Waals surface area (Å²) in [6, 6.07) is 2.50. The van der Waals surface area contributed by atoms with Crippen LogP contribution in [0.5, 0.6) is 0 Å². The second-order valence-electron chi connectivity index (χ2n) is 8.77. The molecule has 0 radical (unpaired) electrons. The SMILES string of the molecule is [C-]#[N+]c1cc(C2CC2)c(CC(=O)N=S(N)(=O)c2sc(C(C)(C)O)cc2F)c(C(C)C)c1F. The highest BCUT2D eigenvalue weighted by molar-refractivity contribution is 7.93. The maximum atomic E-state index is 15.0. The highest BCUT2D eigenvalue weighted by Crippen LogP contribution is 2.46. The lowest BCUT2D eigenvalue weighted by atomic mass is 9.88. The van der Waals surface area contributed by atoms with Crippen molar-refractivity contribution in [1.82, 2.24) is 0 Å². The lowest BCUT2D eigenvalue weighted by molar-refractivity contribution is -0.117. The zero-order valence-corrected chi connectivity index (χ0v) is 19.9. The van der Waals surface area contributed by atoms with Gasteiger partial charge in [0.2, 0.25) is 5.69 Å². The summed E-state index contributed by atoms with van der Waals surface area (Å²) in [7, 11) is -3.91. The maximum Gasteiger partial charge on any atom is 0.259 e. The molecular formula is C22H25F2N3O3S2. The second kappa shape index (κ2) is 8.63. The number of thiophene rings is 1. The molecule has 32 heavy (non-hydrogen) atoms. The Kier molecular flexibility index (Phi) is 6.60. The minimum atomic E-state index is -3.91. The number of amides is 1. The Morgan fingerprint density at radius 2 is 2.03 bits per heavy atom. The molecule has 3 N–H and O–H groups in total. The molecule has 1 aromatic carbocycles. The van der Waals surface area contributed by atoms with Crippen LogP contribution in [0.3, 0.4) is 0 Å². The standard InChI is InChI=1S/C22H25F2N3O3S2/c1-11(2)19-14(13(12-6-7-12)8-16(26-5)20(19)24)9-18(28)27-32(25,30)21-15(23)10-17(31-21)22(3,4)29/h8,10-12,29H,6-7,9H2,1-4H3,(H2,25,27,28,30). The van der Waals surface area contributed by atoms with E-state index in [4.69, 9.17) is 11.7 Å². The van der Waals surface area contributed by atoms with Gasteiger partial charge in [0.1, 0.15) is 5.82 Å². The topological polar surface area (TPSA) is 97.1 Å². The summed E-state index contributed by atoms with van der Waals surface area (Å²) in [5.41, 5.74) is -0.0539. The van der Waals surface area contributed by atoms with Crippen LogP contribution in [-0.2, 0) is 26.7 Å². The average Bonchev–Trinajstić information content (AvgIpc) is 3.40. The first kappa shape index (κ1) is 24.5. The normalized spacial score (nSPS) is 16.0. The van der Waals surface area contributed by atoms with E-state index in [1.54, 1.807) is 13.8 Å². The summed E-state index contributed by atoms with van der Waals surface area (Å²) in [4.78, 5) is 16.2. The lowest BCUT2D eigenvalue weighted by Gasteiger charge is -2.19. The fraction of sp³-hybridized carbons (Fsp3) is 0.455. The van der Waals surface area contributed by atoms with Gasteiger partial charge in [-0.1, -0.05) is 19.4 Å². The smallest absolute Gasteiger partial charge is 0.259 e. The zero-order chi connectivity index (χ0) is 24.0. The fourth-order valence-electron chi connectivity index (χ4n) is 3.59. The third-order valence-electron chi connectivity index (χ3n) is 5.23. The van der Waals surface area contributed by atoms with Gasteiger partial charge in [-0.3, -0.25) is 4.79 Å². The monoisotopic (exact) mass is 481 g/mol. The van der Waals surface area contributed by atoms with E-state index < -0.39 is 37.3 Å². The fourth-order valence-corrected chi connectivity index (χ4v) is 6.01. The Balaban J connectivity index is 2.05. The van der Waals surface area contributed by atoms with Crippen molar-refractivity contribution < 1.29 is 22.9 Å². The number of nitrogens with two attached hydrogens (primary N) is 1. The Hall–Kier alpha value is -2.19. The highest BCUT2D eigenvalue weighted by atomic mass is 32.2. The summed E-state index contributed by atoms with van der Waals surface area (Å²) >= 11 is 0.690. The third-order valence-corrected chi connectivity index (χ3v) is 8.62. The van der Waals surface area contributed by atoms with Crippen molar-refractivity contribution >= 4 is 32.8 Å². The van der Waals surface area contributed by atoms with Crippen molar-refractivity contribution in [2.24, 2.45) is 9.50 Å². The van der Waals surface area contributed by atoms with Crippen LogP contribution in [0.1, 0.15) is 73.9 Å². The van der Waals surface area contributed by atoms with Crippen LogP contribution in [0.25, 0.3) is 4.85 Å². The second-order valence-corrected chi connectivity index (χ2v) is 11.8. The Morgan fingerprint density at radius 1 is 1.41 bits per heavy atom. The molecule has 1 unspecified atom stereocenters. The summed E-state index contributed by atoms with van der Waals surface area (Å²) in [5.74, 6) is -2.63. The minimum Gasteiger partial charge on any atom is -0.385 e. The summed E-state index contributed by atoms with van der Waals surface area (Å²) in [6.45, 7) is 13.7. The molecule has 1 heterocycles. The van der Waals surface area contributed by atoms with E-state index in [-0.39, 0.29) is 34.4 Å². The van der Waals surface area contributed by atoms with E-state index in [2.05, 4.69) is 9.21 Å². The molecular weight excluding hydrogens is 456 g/mol. The van der Waals surface area contributed by atoms with E-state index in [1.165, 1.54) is 19.9 Å². The largest absolute Gasteiger partial charge is 0.385 e. The molecule has 1 aliphatic rings. The maximum absolute atomic E-state index is 15.0. The van der Waals surface area contributed by atoms with Crippen molar-refractivity contribution in [3.8, 4) is 0 Å². The van der Waals surface area contributed by atoms with Gasteiger partial charge in [0.15, 0.2) is 19.9 Å². The molecule has 0 saturated heterocycles. The molecule has 1 amide bonds. The number of nitrogens with zero attached hydrogens (tertiary/aromatic N) is 2. The van der Waals surface area contributed by atoms with Crippen molar-refractivity contribution in [1.29, 1.82) is 0 Å². The third kappa shape index (κ3) is 4.91. The Bertz CT molecular complexity index is 1240. The van der Waals surface area contributed by atoms with Gasteiger partial charge >= 0.3 is 0 Å².